The average Bonchev–Trinajstić information content (AvgIpc) is 3.09. The minimum Gasteiger partial charge on any atom is -0.481 e. The number of benzene rings is 3. The quantitative estimate of drug-likeness (QED) is 0.157. The number of aliphatic hydroxyl groups is 1. The molecule has 2 aliphatic rings. The third kappa shape index (κ3) is 10.2. The minimum absolute atomic E-state index is 0.0155. The van der Waals surface area contributed by atoms with Gasteiger partial charge in [-0.1, -0.05) is 86.0 Å². The predicted octanol–water partition coefficient (Wildman–Crippen LogP) is 6.92. The molecule has 3 aromatic carbocycles. The van der Waals surface area contributed by atoms with Crippen molar-refractivity contribution in [3.8, 4) is 11.1 Å². The van der Waals surface area contributed by atoms with Crippen LogP contribution in [0.4, 0.5) is 0 Å². The summed E-state index contributed by atoms with van der Waals surface area (Å²) < 4.78 is 13.1. The average molecular weight is 629 g/mol. The van der Waals surface area contributed by atoms with Crippen LogP contribution < -0.4 is 5.32 Å². The third-order valence-electron chi connectivity index (χ3n) is 9.00. The Morgan fingerprint density at radius 3 is 2.22 bits per heavy atom. The van der Waals surface area contributed by atoms with Gasteiger partial charge in [0.2, 0.25) is 5.91 Å². The first kappa shape index (κ1) is 33.8. The van der Waals surface area contributed by atoms with E-state index < -0.39 is 12.3 Å². The number of unbranched alkanes of at least 4 members (excludes halogenated alkanes) is 3. The number of amides is 1. The summed E-state index contributed by atoms with van der Waals surface area (Å²) in [5.41, 5.74) is 6.16. The zero-order chi connectivity index (χ0) is 32.1. The van der Waals surface area contributed by atoms with Crippen molar-refractivity contribution in [2.45, 2.75) is 95.9 Å². The van der Waals surface area contributed by atoms with E-state index in [9.17, 15) is 14.7 Å². The zero-order valence-corrected chi connectivity index (χ0v) is 26.7. The maximum atomic E-state index is 12.3. The lowest BCUT2D eigenvalue weighted by Crippen LogP contribution is -2.41. The second kappa shape index (κ2) is 17.4. The Bertz CT molecular complexity index is 1390. The molecule has 3 N–H and O–H groups in total. The second-order valence-electron chi connectivity index (χ2n) is 12.6. The van der Waals surface area contributed by atoms with Gasteiger partial charge in [-0.15, -0.1) is 0 Å². The van der Waals surface area contributed by atoms with Crippen LogP contribution >= 0.6 is 0 Å². The molecule has 3 aromatic rings. The van der Waals surface area contributed by atoms with Gasteiger partial charge in [-0.25, -0.2) is 0 Å². The van der Waals surface area contributed by atoms with Gasteiger partial charge in [0.25, 0.3) is 0 Å². The summed E-state index contributed by atoms with van der Waals surface area (Å²) in [5.74, 6) is -0.752. The Kier molecular flexibility index (Phi) is 12.8. The van der Waals surface area contributed by atoms with E-state index in [0.29, 0.717) is 19.4 Å². The van der Waals surface area contributed by atoms with Crippen molar-refractivity contribution in [3.05, 3.63) is 95.1 Å². The number of piperidine rings is 1. The summed E-state index contributed by atoms with van der Waals surface area (Å²) in [5, 5.41) is 21.2. The van der Waals surface area contributed by atoms with Gasteiger partial charge in [-0.05, 0) is 72.7 Å². The molecule has 3 atom stereocenters. The fourth-order valence-electron chi connectivity index (χ4n) is 6.36. The lowest BCUT2D eigenvalue weighted by molar-refractivity contribution is -0.253. The first-order chi connectivity index (χ1) is 22.5. The number of rotatable bonds is 15. The van der Waals surface area contributed by atoms with Crippen LogP contribution in [0.5, 0.6) is 0 Å². The van der Waals surface area contributed by atoms with Gasteiger partial charge in [-0.3, -0.25) is 9.59 Å². The summed E-state index contributed by atoms with van der Waals surface area (Å²) in [7, 11) is 0. The zero-order valence-electron chi connectivity index (χ0n) is 26.7. The van der Waals surface area contributed by atoms with Crippen molar-refractivity contribution in [1.82, 2.24) is 10.2 Å². The highest BCUT2D eigenvalue weighted by atomic mass is 16.7. The van der Waals surface area contributed by atoms with E-state index in [2.05, 4.69) is 58.7 Å². The van der Waals surface area contributed by atoms with Gasteiger partial charge >= 0.3 is 5.97 Å². The Morgan fingerprint density at radius 2 is 1.50 bits per heavy atom. The Labute approximate surface area is 272 Å². The summed E-state index contributed by atoms with van der Waals surface area (Å²) in [6.45, 7) is 3.63. The molecule has 246 valence electrons. The van der Waals surface area contributed by atoms with E-state index in [4.69, 9.17) is 14.6 Å². The molecule has 5 rings (SSSR count). The molecule has 0 aromatic heterocycles. The molecule has 0 spiro atoms. The van der Waals surface area contributed by atoms with Crippen molar-refractivity contribution >= 4 is 11.9 Å². The first-order valence-corrected chi connectivity index (χ1v) is 16.9. The van der Waals surface area contributed by atoms with Crippen molar-refractivity contribution in [2.24, 2.45) is 0 Å². The summed E-state index contributed by atoms with van der Waals surface area (Å²) in [6.07, 6.45) is 7.83. The molecular weight excluding hydrogens is 580 g/mol. The normalized spacial score (nSPS) is 20.3. The first-order valence-electron chi connectivity index (χ1n) is 16.9. The van der Waals surface area contributed by atoms with Gasteiger partial charge in [0.15, 0.2) is 6.29 Å². The minimum atomic E-state index is -0.768. The van der Waals surface area contributed by atoms with Crippen LogP contribution in [0, 0.1) is 0 Å². The highest BCUT2D eigenvalue weighted by Crippen LogP contribution is 2.39. The van der Waals surface area contributed by atoms with Gasteiger partial charge in [-0.2, -0.15) is 0 Å². The number of nitrogens with zero attached hydrogens (tertiary/aromatic N) is 1. The number of carboxylic acid groups (broad SMARTS) is 1. The van der Waals surface area contributed by atoms with Crippen molar-refractivity contribution in [1.29, 1.82) is 0 Å². The molecule has 8 heteroatoms. The van der Waals surface area contributed by atoms with Crippen molar-refractivity contribution < 1.29 is 29.3 Å². The molecule has 2 heterocycles. The smallest absolute Gasteiger partial charge is 0.303 e. The molecule has 2 aliphatic heterocycles. The van der Waals surface area contributed by atoms with E-state index >= 15 is 0 Å². The summed E-state index contributed by atoms with van der Waals surface area (Å²) in [4.78, 5) is 25.5. The molecule has 46 heavy (non-hydrogen) atoms. The molecule has 0 unspecified atom stereocenters. The number of hydrogen-bond acceptors (Lipinski definition) is 6. The second-order valence-corrected chi connectivity index (χ2v) is 12.6. The van der Waals surface area contributed by atoms with E-state index in [-0.39, 0.29) is 31.1 Å². The molecule has 2 fully saturated rings. The maximum absolute atomic E-state index is 12.3. The Balaban J connectivity index is 1.19. The number of likely N-dealkylation sites (tertiary alicyclic amines) is 1. The van der Waals surface area contributed by atoms with Crippen molar-refractivity contribution in [2.75, 3.05) is 19.6 Å². The number of carboxylic acids is 1. The fraction of sp³-hybridized carbons (Fsp3) is 0.474. The number of carbonyl (C=O) groups is 2. The van der Waals surface area contributed by atoms with Gasteiger partial charge in [0.05, 0.1) is 18.8 Å². The number of nitrogens with one attached hydrogen (secondary N) is 1. The van der Waals surface area contributed by atoms with Crippen LogP contribution in [0.2, 0.25) is 0 Å². The van der Waals surface area contributed by atoms with Crippen LogP contribution in [0.15, 0.2) is 72.8 Å². The van der Waals surface area contributed by atoms with Crippen LogP contribution in [0.1, 0.15) is 98.9 Å². The Hall–Kier alpha value is -3.56. The number of aliphatic carboxylic acids is 1. The topological polar surface area (TPSA) is 108 Å². The lowest BCUT2D eigenvalue weighted by Gasteiger charge is -2.39. The number of ether oxygens (including phenoxy) is 2. The number of aliphatic hydroxyl groups excluding tert-OH is 1. The van der Waals surface area contributed by atoms with E-state index in [1.54, 1.807) is 0 Å². The highest BCUT2D eigenvalue weighted by Gasteiger charge is 2.33. The van der Waals surface area contributed by atoms with E-state index in [0.717, 1.165) is 78.7 Å². The largest absolute Gasteiger partial charge is 0.481 e. The highest BCUT2D eigenvalue weighted by molar-refractivity contribution is 5.76. The summed E-state index contributed by atoms with van der Waals surface area (Å²) in [6, 6.07) is 24.6. The maximum Gasteiger partial charge on any atom is 0.303 e. The molecule has 2 saturated heterocycles. The standard InChI is InChI=1S/C38H48N2O6/c41-27-28-13-15-31(16-14-28)35-24-34(26-40-21-6-3-7-22-40)45-38(46-35)32-19-17-30(18-20-32)33-10-8-9-29(23-33)25-39-36(42)11-4-1-2-5-12-37(43)44/h8-10,13-20,23,34-35,38,41H,1-7,11-12,21-22,24-27H2,(H,39,42)(H,43,44)/t34-,35+,38+/m0/s1. The predicted molar refractivity (Wildman–Crippen MR) is 178 cm³/mol. The molecular formula is C38H48N2O6. The molecule has 1 amide bonds. The lowest BCUT2D eigenvalue weighted by atomic mass is 9.98. The molecule has 0 saturated carbocycles. The van der Waals surface area contributed by atoms with Crippen LogP contribution in [0.25, 0.3) is 11.1 Å². The van der Waals surface area contributed by atoms with E-state index in [1.165, 1.54) is 19.3 Å². The molecule has 8 nitrogen and oxygen atoms in total. The molecule has 0 radical (unpaired) electrons. The van der Waals surface area contributed by atoms with Crippen LogP contribution in [-0.2, 0) is 32.2 Å². The van der Waals surface area contributed by atoms with Gasteiger partial charge < -0.3 is 29.9 Å². The van der Waals surface area contributed by atoms with Crippen LogP contribution in [-0.4, -0.2) is 52.7 Å². The summed E-state index contributed by atoms with van der Waals surface area (Å²) >= 11 is 0. The van der Waals surface area contributed by atoms with Gasteiger partial charge in [0.1, 0.15) is 0 Å². The van der Waals surface area contributed by atoms with Gasteiger partial charge in [0, 0.05) is 37.9 Å². The Morgan fingerprint density at radius 1 is 0.783 bits per heavy atom. The molecule has 0 aliphatic carbocycles. The van der Waals surface area contributed by atoms with E-state index in [1.807, 2.05) is 24.3 Å². The third-order valence-corrected chi connectivity index (χ3v) is 9.00. The number of hydrogen-bond donors (Lipinski definition) is 3. The fourth-order valence-corrected chi connectivity index (χ4v) is 6.36. The number of carbonyl (C=O) groups excluding carboxylic acids is 1. The monoisotopic (exact) mass is 628 g/mol. The molecule has 0 bridgehead atoms. The SMILES string of the molecule is O=C(O)CCCCCCC(=O)NCc1cccc(-c2ccc([C@@H]3O[C@H](CN4CCCCC4)C[C@H](c4ccc(CO)cc4)O3)cc2)c1. The van der Waals surface area contributed by atoms with Crippen molar-refractivity contribution in [3.63, 3.8) is 0 Å². The van der Waals surface area contributed by atoms with Crippen LogP contribution in [0.3, 0.4) is 0 Å².